The van der Waals surface area contributed by atoms with Crippen molar-refractivity contribution >= 4 is 17.6 Å². The third kappa shape index (κ3) is 15.7. The van der Waals surface area contributed by atoms with Crippen LogP contribution in [-0.2, 0) is 4.74 Å². The van der Waals surface area contributed by atoms with Gasteiger partial charge in [0, 0.05) is 24.0 Å². The van der Waals surface area contributed by atoms with Crippen LogP contribution < -0.4 is 0 Å². The minimum Gasteiger partial charge on any atom is -0.320 e. The highest BCUT2D eigenvalue weighted by Crippen LogP contribution is 2.29. The van der Waals surface area contributed by atoms with Gasteiger partial charge >= 0.3 is 12.3 Å². The van der Waals surface area contributed by atoms with Crippen LogP contribution in [0.1, 0.15) is 46.0 Å². The Morgan fingerprint density at radius 3 is 2.20 bits per heavy atom. The van der Waals surface area contributed by atoms with Crippen molar-refractivity contribution in [1.82, 2.24) is 0 Å². The molecule has 150 valence electrons. The standard InChI is InChI=1S/C17H33F5OSi2/c1-5-15(2)14-24-11-7-13-25(3,4)12-6-8-17(21,22)23-10-9-16(18,19)20/h14H,5-13,24H2,1-4H3. The zero-order valence-electron chi connectivity index (χ0n) is 15.9. The van der Waals surface area contributed by atoms with Crippen molar-refractivity contribution < 1.29 is 26.7 Å². The molecule has 0 spiro atoms. The molecule has 0 aromatic rings. The summed E-state index contributed by atoms with van der Waals surface area (Å²) in [5, 5.41) is 0. The van der Waals surface area contributed by atoms with E-state index in [-0.39, 0.29) is 9.52 Å². The van der Waals surface area contributed by atoms with Crippen molar-refractivity contribution in [2.45, 2.75) is 89.5 Å². The molecular formula is C17H33F5OSi2. The summed E-state index contributed by atoms with van der Waals surface area (Å²) in [6, 6.07) is 3.14. The first-order valence-corrected chi connectivity index (χ1v) is 14.3. The van der Waals surface area contributed by atoms with Crippen LogP contribution in [-0.4, -0.2) is 36.5 Å². The summed E-state index contributed by atoms with van der Waals surface area (Å²) < 4.78 is 66.9. The van der Waals surface area contributed by atoms with Crippen molar-refractivity contribution in [3.63, 3.8) is 0 Å². The minimum absolute atomic E-state index is 0.151. The normalized spacial score (nSPS) is 14.7. The molecule has 0 atom stereocenters. The second-order valence-corrected chi connectivity index (χ2v) is 14.5. The monoisotopic (exact) mass is 404 g/mol. The van der Waals surface area contributed by atoms with Crippen molar-refractivity contribution in [3.8, 4) is 0 Å². The fraction of sp³-hybridized carbons (Fsp3) is 0.882. The Labute approximate surface area is 152 Å². The van der Waals surface area contributed by atoms with Gasteiger partial charge in [-0.05, 0) is 19.8 Å². The summed E-state index contributed by atoms with van der Waals surface area (Å²) in [5.41, 5.74) is 3.85. The third-order valence-electron chi connectivity index (χ3n) is 4.38. The molecule has 0 aliphatic carbocycles. The highest BCUT2D eigenvalue weighted by Gasteiger charge is 2.34. The Hall–Kier alpha value is -0.216. The van der Waals surface area contributed by atoms with E-state index < -0.39 is 39.8 Å². The average molecular weight is 405 g/mol. The van der Waals surface area contributed by atoms with Gasteiger partial charge in [-0.2, -0.15) is 22.0 Å². The molecule has 0 heterocycles. The lowest BCUT2D eigenvalue weighted by atomic mass is 10.3. The Bertz CT molecular complexity index is 395. The quantitative estimate of drug-likeness (QED) is 0.198. The first kappa shape index (κ1) is 24.8. The highest BCUT2D eigenvalue weighted by atomic mass is 28.3. The summed E-state index contributed by atoms with van der Waals surface area (Å²) in [4.78, 5) is 0. The van der Waals surface area contributed by atoms with Gasteiger partial charge in [0.25, 0.3) is 0 Å². The largest absolute Gasteiger partial charge is 0.391 e. The molecule has 0 rings (SSSR count). The smallest absolute Gasteiger partial charge is 0.320 e. The molecule has 0 unspecified atom stereocenters. The summed E-state index contributed by atoms with van der Waals surface area (Å²) in [6.45, 7) is 7.73. The second-order valence-electron chi connectivity index (χ2n) is 7.52. The number of halogens is 5. The molecule has 25 heavy (non-hydrogen) atoms. The van der Waals surface area contributed by atoms with Crippen molar-refractivity contribution in [3.05, 3.63) is 11.3 Å². The molecular weight excluding hydrogens is 371 g/mol. The van der Waals surface area contributed by atoms with Gasteiger partial charge in [-0.25, -0.2) is 0 Å². The fourth-order valence-electron chi connectivity index (χ4n) is 2.53. The van der Waals surface area contributed by atoms with Gasteiger partial charge in [-0.3, -0.25) is 0 Å². The summed E-state index contributed by atoms with van der Waals surface area (Å²) >= 11 is 0. The summed E-state index contributed by atoms with van der Waals surface area (Å²) in [6.07, 6.45) is -7.16. The number of rotatable bonds is 13. The molecule has 0 amide bonds. The van der Waals surface area contributed by atoms with Gasteiger partial charge in [0.05, 0.1) is 13.0 Å². The maximum absolute atomic E-state index is 13.5. The molecule has 0 aromatic carbocycles. The minimum atomic E-state index is -4.46. The van der Waals surface area contributed by atoms with Crippen molar-refractivity contribution in [2.75, 3.05) is 6.61 Å². The molecule has 0 saturated carbocycles. The van der Waals surface area contributed by atoms with E-state index in [0.717, 1.165) is 24.9 Å². The molecule has 0 aromatic heterocycles. The van der Waals surface area contributed by atoms with Crippen LogP contribution in [0.25, 0.3) is 0 Å². The SMILES string of the molecule is CCC(C)=C[SiH2]CCC[Si](C)(C)CCCC(F)(F)OCCC(F)(F)F. The van der Waals surface area contributed by atoms with Gasteiger partial charge in [-0.15, -0.1) is 5.70 Å². The molecule has 0 aliphatic rings. The van der Waals surface area contributed by atoms with E-state index in [4.69, 9.17) is 0 Å². The van der Waals surface area contributed by atoms with Gasteiger partial charge in [0.2, 0.25) is 0 Å². The van der Waals surface area contributed by atoms with E-state index in [0.29, 0.717) is 6.42 Å². The van der Waals surface area contributed by atoms with E-state index in [9.17, 15) is 22.0 Å². The number of hydrogen-bond acceptors (Lipinski definition) is 1. The van der Waals surface area contributed by atoms with Gasteiger partial charge in [0.15, 0.2) is 0 Å². The zero-order chi connectivity index (χ0) is 19.6. The lowest BCUT2D eigenvalue weighted by Gasteiger charge is -2.24. The predicted molar refractivity (Wildman–Crippen MR) is 99.9 cm³/mol. The first-order valence-electron chi connectivity index (χ1n) is 9.11. The second kappa shape index (κ2) is 11.5. The number of allylic oxidation sites excluding steroid dienone is 1. The summed E-state index contributed by atoms with van der Waals surface area (Å²) in [5.74, 6) is 0. The molecule has 0 fully saturated rings. The van der Waals surface area contributed by atoms with E-state index in [1.807, 2.05) is 0 Å². The lowest BCUT2D eigenvalue weighted by molar-refractivity contribution is -0.254. The molecule has 0 aliphatic heterocycles. The number of ether oxygens (including phenoxy) is 1. The molecule has 0 saturated heterocycles. The van der Waals surface area contributed by atoms with Gasteiger partial charge < -0.3 is 4.74 Å². The molecule has 0 bridgehead atoms. The summed E-state index contributed by atoms with van der Waals surface area (Å²) in [7, 11) is -1.67. The molecule has 0 N–H and O–H groups in total. The van der Waals surface area contributed by atoms with Crippen LogP contribution in [0.5, 0.6) is 0 Å². The van der Waals surface area contributed by atoms with Crippen LogP contribution in [0, 0.1) is 0 Å². The predicted octanol–water partition coefficient (Wildman–Crippen LogP) is 6.33. The van der Waals surface area contributed by atoms with Gasteiger partial charge in [-0.1, -0.05) is 50.1 Å². The topological polar surface area (TPSA) is 9.23 Å². The van der Waals surface area contributed by atoms with Crippen LogP contribution in [0.15, 0.2) is 11.3 Å². The van der Waals surface area contributed by atoms with Crippen LogP contribution in [0.2, 0.25) is 31.2 Å². The van der Waals surface area contributed by atoms with E-state index in [2.05, 4.69) is 37.4 Å². The molecule has 1 nitrogen and oxygen atoms in total. The van der Waals surface area contributed by atoms with Crippen LogP contribution >= 0.6 is 0 Å². The van der Waals surface area contributed by atoms with Crippen LogP contribution in [0.4, 0.5) is 22.0 Å². The first-order chi connectivity index (χ1) is 11.4. The molecule has 8 heteroatoms. The highest BCUT2D eigenvalue weighted by molar-refractivity contribution is 6.77. The number of alkyl halides is 5. The fourth-order valence-corrected chi connectivity index (χ4v) is 7.14. The Kier molecular flexibility index (Phi) is 11.4. The van der Waals surface area contributed by atoms with Crippen LogP contribution in [0.3, 0.4) is 0 Å². The maximum Gasteiger partial charge on any atom is 0.391 e. The maximum atomic E-state index is 13.5. The lowest BCUT2D eigenvalue weighted by Crippen LogP contribution is -2.28. The molecule has 0 radical (unpaired) electrons. The van der Waals surface area contributed by atoms with Crippen molar-refractivity contribution in [1.29, 1.82) is 0 Å². The van der Waals surface area contributed by atoms with Crippen molar-refractivity contribution in [2.24, 2.45) is 0 Å². The van der Waals surface area contributed by atoms with E-state index in [1.165, 1.54) is 11.6 Å². The van der Waals surface area contributed by atoms with Gasteiger partial charge in [0.1, 0.15) is 0 Å². The zero-order valence-corrected chi connectivity index (χ0v) is 18.4. The van der Waals surface area contributed by atoms with E-state index in [1.54, 1.807) is 0 Å². The Balaban J connectivity index is 3.95. The average Bonchev–Trinajstić information content (AvgIpc) is 2.44. The Morgan fingerprint density at radius 1 is 1.04 bits per heavy atom. The Morgan fingerprint density at radius 2 is 1.64 bits per heavy atom. The van der Waals surface area contributed by atoms with E-state index >= 15 is 0 Å². The third-order valence-corrected chi connectivity index (χ3v) is 9.69. The number of hydrogen-bond donors (Lipinski definition) is 0.